The molecule has 1 aromatic rings. The van der Waals surface area contributed by atoms with E-state index in [1.807, 2.05) is 6.26 Å². The topological polar surface area (TPSA) is 84.6 Å². The second-order valence-electron chi connectivity index (χ2n) is 3.84. The van der Waals surface area contributed by atoms with Crippen molar-refractivity contribution in [3.8, 4) is 0 Å². The molecule has 2 heterocycles. The summed E-state index contributed by atoms with van der Waals surface area (Å²) >= 11 is 7.36. The molecule has 0 radical (unpaired) electrons. The molecule has 4 atom stereocenters. The van der Waals surface area contributed by atoms with Crippen molar-refractivity contribution in [1.82, 2.24) is 9.55 Å². The first-order valence-corrected chi connectivity index (χ1v) is 6.96. The number of aliphatic hydroxyl groups excluding tert-OH is 2. The van der Waals surface area contributed by atoms with Gasteiger partial charge in [-0.15, -0.1) is 23.4 Å². The zero-order valence-electron chi connectivity index (χ0n) is 9.56. The van der Waals surface area contributed by atoms with Crippen molar-refractivity contribution in [2.24, 2.45) is 0 Å². The molecule has 18 heavy (non-hydrogen) atoms. The Labute approximate surface area is 113 Å². The Morgan fingerprint density at radius 2 is 2.39 bits per heavy atom. The summed E-state index contributed by atoms with van der Waals surface area (Å²) in [7, 11) is 0. The van der Waals surface area contributed by atoms with Crippen LogP contribution in [0.2, 0.25) is 0 Å². The first-order chi connectivity index (χ1) is 8.58. The molecule has 1 aliphatic rings. The highest BCUT2D eigenvalue weighted by Gasteiger charge is 2.43. The molecule has 1 saturated heterocycles. The molecule has 0 unspecified atom stereocenters. The van der Waals surface area contributed by atoms with Gasteiger partial charge in [0, 0.05) is 6.20 Å². The predicted octanol–water partition coefficient (Wildman–Crippen LogP) is -0.177. The second-order valence-corrected chi connectivity index (χ2v) is 5.17. The minimum atomic E-state index is -1.02. The van der Waals surface area contributed by atoms with Crippen LogP contribution in [0, 0.1) is 0 Å². The van der Waals surface area contributed by atoms with Crippen molar-refractivity contribution < 1.29 is 14.9 Å². The van der Waals surface area contributed by atoms with E-state index in [1.54, 1.807) is 6.07 Å². The van der Waals surface area contributed by atoms with E-state index in [9.17, 15) is 9.90 Å². The molecule has 2 N–H and O–H groups in total. The highest BCUT2D eigenvalue weighted by molar-refractivity contribution is 7.98. The van der Waals surface area contributed by atoms with Crippen molar-refractivity contribution >= 4 is 23.4 Å². The lowest BCUT2D eigenvalue weighted by Crippen LogP contribution is -2.32. The Hall–Kier alpha value is -0.600. The largest absolute Gasteiger partial charge is 0.394 e. The van der Waals surface area contributed by atoms with E-state index in [0.717, 1.165) is 0 Å². The normalized spacial score (nSPS) is 31.8. The van der Waals surface area contributed by atoms with Crippen LogP contribution < -0.4 is 5.69 Å². The van der Waals surface area contributed by atoms with Gasteiger partial charge in [0.1, 0.15) is 22.6 Å². The quantitative estimate of drug-likeness (QED) is 0.457. The van der Waals surface area contributed by atoms with Gasteiger partial charge in [0.2, 0.25) is 0 Å². The molecular weight excluding hydrogens is 280 g/mol. The van der Waals surface area contributed by atoms with Crippen LogP contribution in [0.4, 0.5) is 0 Å². The van der Waals surface area contributed by atoms with Crippen LogP contribution in [0.25, 0.3) is 0 Å². The second kappa shape index (κ2) is 5.58. The third-order valence-corrected chi connectivity index (χ3v) is 3.88. The molecular formula is C10H13ClN2O4S. The SMILES string of the molecule is CSc1ccn([C@@H]2O[C@H](CO)[C@@H](O)[C@H]2Cl)c(=O)n1. The van der Waals surface area contributed by atoms with Crippen LogP contribution in [-0.4, -0.2) is 50.2 Å². The molecule has 0 aliphatic carbocycles. The fraction of sp³-hybridized carbons (Fsp3) is 0.600. The number of ether oxygens (including phenoxy) is 1. The summed E-state index contributed by atoms with van der Waals surface area (Å²) in [5.41, 5.74) is -0.497. The van der Waals surface area contributed by atoms with Gasteiger partial charge in [-0.25, -0.2) is 4.79 Å². The number of aromatic nitrogens is 2. The number of alkyl halides is 1. The zero-order valence-corrected chi connectivity index (χ0v) is 11.1. The third-order valence-electron chi connectivity index (χ3n) is 2.76. The molecule has 1 aliphatic heterocycles. The zero-order chi connectivity index (χ0) is 13.3. The van der Waals surface area contributed by atoms with Crippen molar-refractivity contribution in [1.29, 1.82) is 0 Å². The molecule has 0 aromatic carbocycles. The van der Waals surface area contributed by atoms with Crippen molar-refractivity contribution in [2.45, 2.75) is 28.8 Å². The number of halogens is 1. The molecule has 1 aromatic heterocycles. The summed E-state index contributed by atoms with van der Waals surface area (Å²) in [4.78, 5) is 15.6. The van der Waals surface area contributed by atoms with E-state index < -0.39 is 29.5 Å². The summed E-state index contributed by atoms with van der Waals surface area (Å²) in [6, 6.07) is 1.66. The van der Waals surface area contributed by atoms with Gasteiger partial charge in [-0.3, -0.25) is 4.57 Å². The Kier molecular flexibility index (Phi) is 4.29. The van der Waals surface area contributed by atoms with Crippen LogP contribution in [0.1, 0.15) is 6.23 Å². The number of rotatable bonds is 3. The van der Waals surface area contributed by atoms with Gasteiger partial charge in [0.05, 0.1) is 6.61 Å². The molecule has 2 rings (SSSR count). The fourth-order valence-corrected chi connectivity index (χ4v) is 2.49. The van der Waals surface area contributed by atoms with Crippen LogP contribution in [-0.2, 0) is 4.74 Å². The fourth-order valence-electron chi connectivity index (χ4n) is 1.78. The maximum atomic E-state index is 11.8. The van der Waals surface area contributed by atoms with Crippen molar-refractivity contribution in [3.63, 3.8) is 0 Å². The van der Waals surface area contributed by atoms with E-state index in [1.165, 1.54) is 22.5 Å². The van der Waals surface area contributed by atoms with Crippen LogP contribution in [0.15, 0.2) is 22.1 Å². The number of thioether (sulfide) groups is 1. The molecule has 8 heteroatoms. The smallest absolute Gasteiger partial charge is 0.350 e. The van der Waals surface area contributed by atoms with E-state index >= 15 is 0 Å². The number of hydrogen-bond donors (Lipinski definition) is 2. The molecule has 0 amide bonds. The minimum Gasteiger partial charge on any atom is -0.394 e. The van der Waals surface area contributed by atoms with Gasteiger partial charge in [-0.1, -0.05) is 0 Å². The average molecular weight is 293 g/mol. The van der Waals surface area contributed by atoms with Gasteiger partial charge in [0.15, 0.2) is 6.23 Å². The molecule has 0 spiro atoms. The summed E-state index contributed by atoms with van der Waals surface area (Å²) < 4.78 is 6.58. The maximum absolute atomic E-state index is 11.8. The van der Waals surface area contributed by atoms with Crippen LogP contribution in [0.3, 0.4) is 0 Å². The first-order valence-electron chi connectivity index (χ1n) is 5.30. The van der Waals surface area contributed by atoms with Gasteiger partial charge in [-0.05, 0) is 12.3 Å². The summed E-state index contributed by atoms with van der Waals surface area (Å²) in [6.45, 7) is -0.355. The Morgan fingerprint density at radius 3 is 2.89 bits per heavy atom. The molecule has 0 saturated carbocycles. The van der Waals surface area contributed by atoms with E-state index in [0.29, 0.717) is 5.03 Å². The standard InChI is InChI=1S/C10H13ClN2O4S/c1-18-6-2-3-13(10(16)12-6)9-7(11)8(15)5(4-14)17-9/h2-3,5,7-9,14-15H,4H2,1H3/t5-,7-,8-,9-/m1/s1. The van der Waals surface area contributed by atoms with Gasteiger partial charge in [0.25, 0.3) is 0 Å². The average Bonchev–Trinajstić information content (AvgIpc) is 2.66. The van der Waals surface area contributed by atoms with Crippen LogP contribution >= 0.6 is 23.4 Å². The van der Waals surface area contributed by atoms with E-state index in [2.05, 4.69) is 4.98 Å². The number of hydrogen-bond acceptors (Lipinski definition) is 6. The van der Waals surface area contributed by atoms with E-state index in [-0.39, 0.29) is 6.61 Å². The predicted molar refractivity (Wildman–Crippen MR) is 66.9 cm³/mol. The molecule has 6 nitrogen and oxygen atoms in total. The minimum absolute atomic E-state index is 0.355. The summed E-state index contributed by atoms with van der Waals surface area (Å²) in [5, 5.41) is 18.5. The Balaban J connectivity index is 2.30. The monoisotopic (exact) mass is 292 g/mol. The molecule has 0 bridgehead atoms. The summed E-state index contributed by atoms with van der Waals surface area (Å²) in [5.74, 6) is 0. The highest BCUT2D eigenvalue weighted by Crippen LogP contribution is 2.32. The Bertz CT molecular complexity index is 483. The van der Waals surface area contributed by atoms with E-state index in [4.69, 9.17) is 21.4 Å². The molecule has 100 valence electrons. The third kappa shape index (κ3) is 2.41. The van der Waals surface area contributed by atoms with Crippen LogP contribution in [0.5, 0.6) is 0 Å². The van der Waals surface area contributed by atoms with Crippen molar-refractivity contribution in [3.05, 3.63) is 22.7 Å². The number of nitrogens with zero attached hydrogens (tertiary/aromatic N) is 2. The van der Waals surface area contributed by atoms with Gasteiger partial charge < -0.3 is 14.9 Å². The summed E-state index contributed by atoms with van der Waals surface area (Å²) in [6.07, 6.45) is 0.704. The van der Waals surface area contributed by atoms with Gasteiger partial charge in [-0.2, -0.15) is 4.98 Å². The van der Waals surface area contributed by atoms with Crippen molar-refractivity contribution in [2.75, 3.05) is 12.9 Å². The molecule has 1 fully saturated rings. The lowest BCUT2D eigenvalue weighted by Gasteiger charge is -2.16. The van der Waals surface area contributed by atoms with Gasteiger partial charge >= 0.3 is 5.69 Å². The number of aliphatic hydroxyl groups is 2. The lowest BCUT2D eigenvalue weighted by molar-refractivity contribution is -0.0458. The highest BCUT2D eigenvalue weighted by atomic mass is 35.5. The maximum Gasteiger partial charge on any atom is 0.350 e. The first kappa shape index (κ1) is 13.8. The lowest BCUT2D eigenvalue weighted by atomic mass is 10.2. The Morgan fingerprint density at radius 1 is 1.67 bits per heavy atom.